The van der Waals surface area contributed by atoms with Crippen molar-refractivity contribution in [1.29, 1.82) is 0 Å². The summed E-state index contributed by atoms with van der Waals surface area (Å²) in [5.74, 6) is 2.13. The highest BCUT2D eigenvalue weighted by atomic mass is 127. The zero-order chi connectivity index (χ0) is 20.4. The lowest BCUT2D eigenvalue weighted by atomic mass is 9.80. The molecule has 3 fully saturated rings. The van der Waals surface area contributed by atoms with Gasteiger partial charge in [-0.1, -0.05) is 26.2 Å². The molecule has 1 aliphatic carbocycles. The number of nitrogens with one attached hydrogen (secondary N) is 2. The number of guanidine groups is 1. The predicted molar refractivity (Wildman–Crippen MR) is 139 cm³/mol. The standard InChI is InChI=1S/C22H42N4O2S.HI/c1-3-23-20(25-19-22(29-4-2)10-14-27-15-11-22)24-18-21(8-6-5-7-9-21)26-12-16-28-17-13-26;/h3-19H2,1-2H3,(H2,23,24,25);1H. The molecule has 30 heavy (non-hydrogen) atoms. The van der Waals surface area contributed by atoms with Crippen LogP contribution in [0.4, 0.5) is 0 Å². The fourth-order valence-corrected chi connectivity index (χ4v) is 6.30. The Morgan fingerprint density at radius 2 is 1.60 bits per heavy atom. The van der Waals surface area contributed by atoms with Crippen LogP contribution in [0.3, 0.4) is 0 Å². The van der Waals surface area contributed by atoms with E-state index in [-0.39, 0.29) is 34.3 Å². The Hall–Kier alpha value is 0.230. The number of morpholine rings is 1. The number of aliphatic imine (C=N–C) groups is 1. The van der Waals surface area contributed by atoms with Gasteiger partial charge in [0.2, 0.25) is 0 Å². The fraction of sp³-hybridized carbons (Fsp3) is 0.955. The predicted octanol–water partition coefficient (Wildman–Crippen LogP) is 3.50. The third-order valence-corrected chi connectivity index (χ3v) is 8.23. The van der Waals surface area contributed by atoms with Crippen molar-refractivity contribution in [3.8, 4) is 0 Å². The van der Waals surface area contributed by atoms with Gasteiger partial charge in [-0.2, -0.15) is 11.8 Å². The summed E-state index contributed by atoms with van der Waals surface area (Å²) in [6, 6.07) is 0. The Morgan fingerprint density at radius 1 is 0.933 bits per heavy atom. The van der Waals surface area contributed by atoms with E-state index in [2.05, 4.69) is 41.1 Å². The Morgan fingerprint density at radius 3 is 2.23 bits per heavy atom. The van der Waals surface area contributed by atoms with E-state index >= 15 is 0 Å². The van der Waals surface area contributed by atoms with E-state index in [1.807, 2.05) is 0 Å². The number of hydrogen-bond acceptors (Lipinski definition) is 5. The van der Waals surface area contributed by atoms with Gasteiger partial charge in [-0.05, 0) is 38.4 Å². The molecule has 3 rings (SSSR count). The Kier molecular flexibility index (Phi) is 12.1. The van der Waals surface area contributed by atoms with E-state index in [4.69, 9.17) is 14.5 Å². The highest BCUT2D eigenvalue weighted by molar-refractivity contribution is 14.0. The number of halogens is 1. The minimum Gasteiger partial charge on any atom is -0.381 e. The minimum absolute atomic E-state index is 0. The van der Waals surface area contributed by atoms with Crippen LogP contribution in [-0.4, -0.2) is 86.0 Å². The Bertz CT molecular complexity index is 500. The minimum atomic E-state index is 0. The molecule has 0 aromatic rings. The molecule has 176 valence electrons. The average Bonchev–Trinajstić information content (AvgIpc) is 2.78. The fourth-order valence-electron chi connectivity index (χ4n) is 5.06. The van der Waals surface area contributed by atoms with Crippen LogP contribution in [0.25, 0.3) is 0 Å². The van der Waals surface area contributed by atoms with Crippen molar-refractivity contribution in [2.24, 2.45) is 4.99 Å². The van der Waals surface area contributed by atoms with Gasteiger partial charge in [0.1, 0.15) is 0 Å². The number of thioether (sulfide) groups is 1. The second-order valence-electron chi connectivity index (χ2n) is 8.66. The molecule has 1 saturated carbocycles. The molecular weight excluding hydrogens is 511 g/mol. The molecule has 2 saturated heterocycles. The zero-order valence-electron chi connectivity index (χ0n) is 19.0. The molecule has 2 N–H and O–H groups in total. The first kappa shape index (κ1) is 26.5. The molecular formula is C22H43IN4O2S. The average molecular weight is 555 g/mol. The van der Waals surface area contributed by atoms with E-state index in [1.54, 1.807) is 0 Å². The zero-order valence-corrected chi connectivity index (χ0v) is 22.2. The maximum atomic E-state index is 5.63. The smallest absolute Gasteiger partial charge is 0.191 e. The molecule has 6 nitrogen and oxygen atoms in total. The maximum Gasteiger partial charge on any atom is 0.191 e. The highest BCUT2D eigenvalue weighted by Crippen LogP contribution is 2.36. The van der Waals surface area contributed by atoms with Crippen LogP contribution in [0.5, 0.6) is 0 Å². The first-order valence-corrected chi connectivity index (χ1v) is 12.8. The van der Waals surface area contributed by atoms with Gasteiger partial charge >= 0.3 is 0 Å². The van der Waals surface area contributed by atoms with Gasteiger partial charge in [-0.3, -0.25) is 9.89 Å². The molecule has 2 heterocycles. The van der Waals surface area contributed by atoms with Gasteiger partial charge in [0, 0.05) is 49.7 Å². The first-order valence-electron chi connectivity index (χ1n) is 11.8. The van der Waals surface area contributed by atoms with Crippen molar-refractivity contribution >= 4 is 41.7 Å². The molecule has 0 bridgehead atoms. The summed E-state index contributed by atoms with van der Waals surface area (Å²) in [7, 11) is 0. The Labute approximate surface area is 205 Å². The molecule has 2 aliphatic heterocycles. The van der Waals surface area contributed by atoms with E-state index < -0.39 is 0 Å². The summed E-state index contributed by atoms with van der Waals surface area (Å²) < 4.78 is 11.5. The van der Waals surface area contributed by atoms with Crippen LogP contribution < -0.4 is 10.6 Å². The lowest BCUT2D eigenvalue weighted by Gasteiger charge is -2.47. The number of nitrogens with zero attached hydrogens (tertiary/aromatic N) is 2. The number of ether oxygens (including phenoxy) is 2. The van der Waals surface area contributed by atoms with Crippen molar-refractivity contribution in [3.63, 3.8) is 0 Å². The molecule has 0 aromatic heterocycles. The maximum absolute atomic E-state index is 5.63. The van der Waals surface area contributed by atoms with Gasteiger partial charge in [-0.15, -0.1) is 24.0 Å². The molecule has 0 amide bonds. The van der Waals surface area contributed by atoms with Gasteiger partial charge in [0.05, 0.1) is 19.8 Å². The van der Waals surface area contributed by atoms with Gasteiger partial charge in [0.15, 0.2) is 5.96 Å². The second kappa shape index (κ2) is 13.7. The monoisotopic (exact) mass is 554 g/mol. The topological polar surface area (TPSA) is 58.1 Å². The van der Waals surface area contributed by atoms with Crippen molar-refractivity contribution in [2.75, 3.05) is 64.9 Å². The lowest BCUT2D eigenvalue weighted by molar-refractivity contribution is -0.0333. The lowest BCUT2D eigenvalue weighted by Crippen LogP contribution is -2.57. The number of hydrogen-bond donors (Lipinski definition) is 2. The quantitative estimate of drug-likeness (QED) is 0.272. The molecule has 0 aromatic carbocycles. The SMILES string of the molecule is CCNC(=NCC1(N2CCOCC2)CCCCC1)NCC1(SCC)CCOCC1.I. The van der Waals surface area contributed by atoms with Gasteiger partial charge in [-0.25, -0.2) is 0 Å². The summed E-state index contributed by atoms with van der Waals surface area (Å²) in [4.78, 5) is 7.81. The van der Waals surface area contributed by atoms with Crippen LogP contribution in [0.1, 0.15) is 58.8 Å². The van der Waals surface area contributed by atoms with E-state index in [1.165, 1.54) is 32.1 Å². The molecule has 0 unspecified atom stereocenters. The van der Waals surface area contributed by atoms with Crippen molar-refractivity contribution < 1.29 is 9.47 Å². The third-order valence-electron chi connectivity index (χ3n) is 6.77. The molecule has 0 spiro atoms. The van der Waals surface area contributed by atoms with Gasteiger partial charge < -0.3 is 20.1 Å². The van der Waals surface area contributed by atoms with Crippen molar-refractivity contribution in [2.45, 2.75) is 69.1 Å². The van der Waals surface area contributed by atoms with E-state index in [0.717, 1.165) is 83.7 Å². The van der Waals surface area contributed by atoms with E-state index in [0.29, 0.717) is 0 Å². The van der Waals surface area contributed by atoms with Gasteiger partial charge in [0.25, 0.3) is 0 Å². The second-order valence-corrected chi connectivity index (χ2v) is 10.4. The normalized spacial score (nSPS) is 24.7. The number of rotatable bonds is 8. The van der Waals surface area contributed by atoms with Crippen LogP contribution in [0.2, 0.25) is 0 Å². The van der Waals surface area contributed by atoms with Crippen molar-refractivity contribution in [1.82, 2.24) is 15.5 Å². The largest absolute Gasteiger partial charge is 0.381 e. The molecule has 0 atom stereocenters. The Balaban J connectivity index is 0.00000320. The van der Waals surface area contributed by atoms with Crippen LogP contribution in [0.15, 0.2) is 4.99 Å². The molecule has 0 radical (unpaired) electrons. The summed E-state index contributed by atoms with van der Waals surface area (Å²) in [6.07, 6.45) is 8.80. The van der Waals surface area contributed by atoms with Crippen LogP contribution >= 0.6 is 35.7 Å². The summed E-state index contributed by atoms with van der Waals surface area (Å²) in [5.41, 5.74) is 0.221. The first-order chi connectivity index (χ1) is 14.2. The van der Waals surface area contributed by atoms with E-state index in [9.17, 15) is 0 Å². The van der Waals surface area contributed by atoms with Crippen LogP contribution in [-0.2, 0) is 9.47 Å². The molecule has 8 heteroatoms. The molecule has 3 aliphatic rings. The third kappa shape index (κ3) is 7.39. The van der Waals surface area contributed by atoms with Crippen molar-refractivity contribution in [3.05, 3.63) is 0 Å². The van der Waals surface area contributed by atoms with Crippen LogP contribution in [0, 0.1) is 0 Å². The summed E-state index contributed by atoms with van der Waals surface area (Å²) >= 11 is 2.08. The highest BCUT2D eigenvalue weighted by Gasteiger charge is 2.39. The summed E-state index contributed by atoms with van der Waals surface area (Å²) in [6.45, 7) is 12.7. The summed E-state index contributed by atoms with van der Waals surface area (Å²) in [5, 5.41) is 7.19.